The number of carbonyl (C=O) groups is 1. The Labute approximate surface area is 129 Å². The van der Waals surface area contributed by atoms with Gasteiger partial charge >= 0.3 is 0 Å². The first-order chi connectivity index (χ1) is 10.8. The molecular formula is C16H18N4O2. The van der Waals surface area contributed by atoms with Gasteiger partial charge in [0.1, 0.15) is 6.10 Å². The van der Waals surface area contributed by atoms with Gasteiger partial charge in [0.15, 0.2) is 5.82 Å². The summed E-state index contributed by atoms with van der Waals surface area (Å²) in [5, 5.41) is 2.82. The van der Waals surface area contributed by atoms with Gasteiger partial charge in [-0.1, -0.05) is 0 Å². The first kappa shape index (κ1) is 14.6. The number of rotatable bonds is 4. The second kappa shape index (κ2) is 7.09. The lowest BCUT2D eigenvalue weighted by atomic mass is 10.1. The van der Waals surface area contributed by atoms with Crippen molar-refractivity contribution < 1.29 is 9.53 Å². The van der Waals surface area contributed by atoms with Gasteiger partial charge in [0.05, 0.1) is 5.56 Å². The molecule has 1 aliphatic rings. The van der Waals surface area contributed by atoms with Crippen LogP contribution in [0.2, 0.25) is 0 Å². The Bertz CT molecular complexity index is 610. The van der Waals surface area contributed by atoms with E-state index in [1.165, 1.54) is 6.20 Å². The second-order valence-corrected chi connectivity index (χ2v) is 5.23. The maximum Gasteiger partial charge on any atom is 0.253 e. The van der Waals surface area contributed by atoms with Crippen LogP contribution in [-0.4, -0.2) is 27.5 Å². The molecule has 1 saturated heterocycles. The fourth-order valence-corrected chi connectivity index (χ4v) is 2.35. The molecular weight excluding hydrogens is 280 g/mol. The number of nitrogens with zero attached hydrogens (tertiary/aromatic N) is 3. The van der Waals surface area contributed by atoms with E-state index < -0.39 is 0 Å². The fraction of sp³-hybridized carbons (Fsp3) is 0.375. The molecule has 1 atom stereocenters. The zero-order valence-electron chi connectivity index (χ0n) is 12.2. The molecule has 6 heteroatoms. The topological polar surface area (TPSA) is 77.0 Å². The average molecular weight is 298 g/mol. The lowest BCUT2D eigenvalue weighted by Gasteiger charge is -2.21. The molecule has 22 heavy (non-hydrogen) atoms. The van der Waals surface area contributed by atoms with Crippen molar-refractivity contribution in [3.63, 3.8) is 0 Å². The van der Waals surface area contributed by atoms with E-state index in [4.69, 9.17) is 4.74 Å². The monoisotopic (exact) mass is 298 g/mol. The Kier molecular flexibility index (Phi) is 4.70. The molecule has 0 aliphatic carbocycles. The minimum Gasteiger partial charge on any atom is -0.370 e. The molecule has 2 aromatic heterocycles. The molecule has 0 spiro atoms. The molecule has 0 saturated carbocycles. The van der Waals surface area contributed by atoms with E-state index in [0.717, 1.165) is 37.3 Å². The molecule has 3 heterocycles. The molecule has 0 radical (unpaired) electrons. The van der Waals surface area contributed by atoms with E-state index in [1.54, 1.807) is 30.7 Å². The summed E-state index contributed by atoms with van der Waals surface area (Å²) in [6.45, 7) is 1.16. The van der Waals surface area contributed by atoms with E-state index in [1.807, 2.05) is 0 Å². The summed E-state index contributed by atoms with van der Waals surface area (Å²) in [6.07, 6.45) is 9.88. The van der Waals surface area contributed by atoms with Crippen molar-refractivity contribution in [2.75, 3.05) is 6.61 Å². The second-order valence-electron chi connectivity index (χ2n) is 5.23. The minimum absolute atomic E-state index is 0.00721. The van der Waals surface area contributed by atoms with Crippen molar-refractivity contribution in [3.8, 4) is 0 Å². The van der Waals surface area contributed by atoms with Crippen molar-refractivity contribution >= 4 is 5.91 Å². The number of amides is 1. The lowest BCUT2D eigenvalue weighted by molar-refractivity contribution is 0.00940. The van der Waals surface area contributed by atoms with Crippen molar-refractivity contribution in [2.24, 2.45) is 0 Å². The molecule has 1 aliphatic heterocycles. The first-order valence-corrected chi connectivity index (χ1v) is 7.43. The summed E-state index contributed by atoms with van der Waals surface area (Å²) in [7, 11) is 0. The number of hydrogen-bond acceptors (Lipinski definition) is 5. The quantitative estimate of drug-likeness (QED) is 0.934. The Morgan fingerprint density at radius 1 is 1.27 bits per heavy atom. The van der Waals surface area contributed by atoms with E-state index in [2.05, 4.69) is 20.3 Å². The summed E-state index contributed by atoms with van der Waals surface area (Å²) < 4.78 is 5.66. The highest BCUT2D eigenvalue weighted by atomic mass is 16.5. The maximum atomic E-state index is 11.9. The highest BCUT2D eigenvalue weighted by molar-refractivity contribution is 5.93. The van der Waals surface area contributed by atoms with E-state index in [0.29, 0.717) is 12.1 Å². The maximum absolute atomic E-state index is 11.9. The normalized spacial score (nSPS) is 17.9. The van der Waals surface area contributed by atoms with Crippen LogP contribution in [0.5, 0.6) is 0 Å². The average Bonchev–Trinajstić information content (AvgIpc) is 2.61. The van der Waals surface area contributed by atoms with Crippen molar-refractivity contribution in [1.29, 1.82) is 0 Å². The van der Waals surface area contributed by atoms with Crippen LogP contribution in [0, 0.1) is 0 Å². The van der Waals surface area contributed by atoms with Gasteiger partial charge in [-0.05, 0) is 31.4 Å². The SMILES string of the molecule is O=C(NCc1cnc(C2CCCCO2)nc1)c1cccnc1. The van der Waals surface area contributed by atoms with Crippen LogP contribution in [0.15, 0.2) is 36.9 Å². The van der Waals surface area contributed by atoms with Crippen molar-refractivity contribution in [2.45, 2.75) is 31.9 Å². The Balaban J connectivity index is 1.56. The molecule has 1 unspecified atom stereocenters. The predicted octanol–water partition coefficient (Wildman–Crippen LogP) is 2.04. The van der Waals surface area contributed by atoms with Crippen LogP contribution in [0.3, 0.4) is 0 Å². The van der Waals surface area contributed by atoms with Crippen molar-refractivity contribution in [1.82, 2.24) is 20.3 Å². The van der Waals surface area contributed by atoms with Crippen LogP contribution in [-0.2, 0) is 11.3 Å². The van der Waals surface area contributed by atoms with Gasteiger partial charge in [0.25, 0.3) is 5.91 Å². The van der Waals surface area contributed by atoms with Gasteiger partial charge in [-0.15, -0.1) is 0 Å². The van der Waals surface area contributed by atoms with Gasteiger partial charge in [-0.3, -0.25) is 9.78 Å². The third-order valence-electron chi connectivity index (χ3n) is 3.57. The molecule has 0 aromatic carbocycles. The zero-order chi connectivity index (χ0) is 15.2. The number of nitrogens with one attached hydrogen (secondary N) is 1. The van der Waals surface area contributed by atoms with Crippen LogP contribution >= 0.6 is 0 Å². The summed E-state index contributed by atoms with van der Waals surface area (Å²) in [5.41, 5.74) is 1.40. The molecule has 1 N–H and O–H groups in total. The molecule has 2 aromatic rings. The summed E-state index contributed by atoms with van der Waals surface area (Å²) in [4.78, 5) is 24.6. The highest BCUT2D eigenvalue weighted by Crippen LogP contribution is 2.24. The Morgan fingerprint density at radius 3 is 2.82 bits per heavy atom. The smallest absolute Gasteiger partial charge is 0.253 e. The molecule has 6 nitrogen and oxygen atoms in total. The first-order valence-electron chi connectivity index (χ1n) is 7.43. The van der Waals surface area contributed by atoms with E-state index in [9.17, 15) is 4.79 Å². The lowest BCUT2D eigenvalue weighted by Crippen LogP contribution is -2.23. The zero-order valence-corrected chi connectivity index (χ0v) is 12.2. The number of hydrogen-bond donors (Lipinski definition) is 1. The Hall–Kier alpha value is -2.34. The molecule has 114 valence electrons. The molecule has 1 fully saturated rings. The largest absolute Gasteiger partial charge is 0.370 e. The summed E-state index contributed by atoms with van der Waals surface area (Å²) >= 11 is 0. The predicted molar refractivity (Wildman–Crippen MR) is 80.0 cm³/mol. The highest BCUT2D eigenvalue weighted by Gasteiger charge is 2.18. The van der Waals surface area contributed by atoms with Crippen LogP contribution in [0.1, 0.15) is 47.1 Å². The third-order valence-corrected chi connectivity index (χ3v) is 3.57. The van der Waals surface area contributed by atoms with Crippen LogP contribution in [0.25, 0.3) is 0 Å². The molecule has 1 amide bonds. The van der Waals surface area contributed by atoms with Gasteiger partial charge in [0, 0.05) is 43.5 Å². The van der Waals surface area contributed by atoms with Gasteiger partial charge < -0.3 is 10.1 Å². The van der Waals surface area contributed by atoms with Gasteiger partial charge in [-0.2, -0.15) is 0 Å². The van der Waals surface area contributed by atoms with Crippen LogP contribution in [0.4, 0.5) is 0 Å². The van der Waals surface area contributed by atoms with E-state index >= 15 is 0 Å². The summed E-state index contributed by atoms with van der Waals surface area (Å²) in [6, 6.07) is 3.46. The van der Waals surface area contributed by atoms with E-state index in [-0.39, 0.29) is 12.0 Å². The fourth-order valence-electron chi connectivity index (χ4n) is 2.35. The number of carbonyl (C=O) groups excluding carboxylic acids is 1. The number of ether oxygens (including phenoxy) is 1. The summed E-state index contributed by atoms with van der Waals surface area (Å²) in [5.74, 6) is 0.565. The van der Waals surface area contributed by atoms with Gasteiger partial charge in [0.2, 0.25) is 0 Å². The number of pyridine rings is 1. The van der Waals surface area contributed by atoms with Crippen LogP contribution < -0.4 is 5.32 Å². The Morgan fingerprint density at radius 2 is 2.14 bits per heavy atom. The standard InChI is InChI=1S/C16H18N4O2/c21-16(13-4-3-6-17-11-13)20-10-12-8-18-15(19-9-12)14-5-1-2-7-22-14/h3-4,6,8-9,11,14H,1-2,5,7,10H2,(H,20,21). The van der Waals surface area contributed by atoms with Crippen molar-refractivity contribution in [3.05, 3.63) is 53.9 Å². The van der Waals surface area contributed by atoms with Gasteiger partial charge in [-0.25, -0.2) is 9.97 Å². The molecule has 3 rings (SSSR count). The number of aromatic nitrogens is 3. The third kappa shape index (κ3) is 3.65. The molecule has 0 bridgehead atoms. The minimum atomic E-state index is -0.159.